The number of aryl methyl sites for hydroxylation is 2. The Morgan fingerprint density at radius 1 is 1.28 bits per heavy atom. The summed E-state index contributed by atoms with van der Waals surface area (Å²) in [6.45, 7) is 4.51. The first-order chi connectivity index (χ1) is 8.70. The molecule has 2 N–H and O–H groups in total. The maximum absolute atomic E-state index is 6.00. The van der Waals surface area contributed by atoms with E-state index in [-0.39, 0.29) is 6.10 Å². The third kappa shape index (κ3) is 2.87. The Kier molecular flexibility index (Phi) is 3.95. The maximum Gasteiger partial charge on any atom is 0.137 e. The van der Waals surface area contributed by atoms with Crippen LogP contribution in [0.25, 0.3) is 0 Å². The number of rotatable bonds is 4. The van der Waals surface area contributed by atoms with Crippen LogP contribution in [0.2, 0.25) is 0 Å². The van der Waals surface area contributed by atoms with Gasteiger partial charge in [-0.25, -0.2) is 0 Å². The van der Waals surface area contributed by atoms with E-state index in [2.05, 4.69) is 17.1 Å². The minimum Gasteiger partial charge on any atom is -0.484 e. The highest BCUT2D eigenvalue weighted by molar-refractivity contribution is 5.36. The van der Waals surface area contributed by atoms with E-state index in [1.54, 1.807) is 12.4 Å². The Morgan fingerprint density at radius 2 is 2.11 bits per heavy atom. The van der Waals surface area contributed by atoms with Gasteiger partial charge < -0.3 is 10.5 Å². The van der Waals surface area contributed by atoms with E-state index in [1.807, 2.05) is 32.0 Å². The summed E-state index contributed by atoms with van der Waals surface area (Å²) < 4.78 is 6.00. The second-order valence-electron chi connectivity index (χ2n) is 4.40. The molecule has 1 aromatic carbocycles. The van der Waals surface area contributed by atoms with Gasteiger partial charge in [0.15, 0.2) is 0 Å². The van der Waals surface area contributed by atoms with Gasteiger partial charge in [-0.2, -0.15) is 0 Å². The molecule has 1 heterocycles. The lowest BCUT2D eigenvalue weighted by atomic mass is 10.1. The zero-order chi connectivity index (χ0) is 13.0. The molecule has 0 saturated carbocycles. The van der Waals surface area contributed by atoms with Gasteiger partial charge in [-0.1, -0.05) is 18.2 Å². The first-order valence-corrected chi connectivity index (χ1v) is 6.04. The summed E-state index contributed by atoms with van der Waals surface area (Å²) in [4.78, 5) is 4.10. The first kappa shape index (κ1) is 12.6. The normalized spacial score (nSPS) is 12.2. The molecule has 3 nitrogen and oxygen atoms in total. The van der Waals surface area contributed by atoms with Gasteiger partial charge >= 0.3 is 0 Å². The Balaban J connectivity index is 2.23. The predicted octanol–water partition coefficient (Wildman–Crippen LogP) is 2.78. The van der Waals surface area contributed by atoms with Crippen LogP contribution in [-0.4, -0.2) is 11.5 Å². The van der Waals surface area contributed by atoms with E-state index < -0.39 is 0 Å². The van der Waals surface area contributed by atoms with Crippen LogP contribution in [0.4, 0.5) is 0 Å². The number of benzene rings is 1. The molecule has 0 amide bonds. The molecular weight excluding hydrogens is 224 g/mol. The second-order valence-corrected chi connectivity index (χ2v) is 4.40. The van der Waals surface area contributed by atoms with Crippen LogP contribution in [0.15, 0.2) is 42.7 Å². The molecule has 0 aliphatic heterocycles. The van der Waals surface area contributed by atoms with Crippen LogP contribution in [-0.2, 0) is 0 Å². The van der Waals surface area contributed by atoms with Gasteiger partial charge in [0.25, 0.3) is 0 Å². The van der Waals surface area contributed by atoms with Crippen molar-refractivity contribution in [3.8, 4) is 5.75 Å². The Labute approximate surface area is 108 Å². The third-order valence-electron chi connectivity index (χ3n) is 2.88. The van der Waals surface area contributed by atoms with Crippen molar-refractivity contribution in [2.24, 2.45) is 5.73 Å². The van der Waals surface area contributed by atoms with Crippen LogP contribution in [0.3, 0.4) is 0 Å². The molecule has 2 aromatic rings. The number of pyridine rings is 1. The summed E-state index contributed by atoms with van der Waals surface area (Å²) >= 11 is 0. The van der Waals surface area contributed by atoms with Gasteiger partial charge in [0.05, 0.1) is 0 Å². The van der Waals surface area contributed by atoms with Gasteiger partial charge in [0.2, 0.25) is 0 Å². The number of nitrogens with two attached hydrogens (primary N) is 1. The van der Waals surface area contributed by atoms with Crippen molar-refractivity contribution in [3.63, 3.8) is 0 Å². The molecule has 3 heteroatoms. The first-order valence-electron chi connectivity index (χ1n) is 6.04. The summed E-state index contributed by atoms with van der Waals surface area (Å²) in [7, 11) is 0. The van der Waals surface area contributed by atoms with Crippen molar-refractivity contribution in [1.29, 1.82) is 0 Å². The fourth-order valence-electron chi connectivity index (χ4n) is 1.81. The highest BCUT2D eigenvalue weighted by atomic mass is 16.5. The van der Waals surface area contributed by atoms with Crippen LogP contribution in [0, 0.1) is 13.8 Å². The van der Waals surface area contributed by atoms with Gasteiger partial charge in [0, 0.05) is 24.5 Å². The van der Waals surface area contributed by atoms with Crippen molar-refractivity contribution in [2.75, 3.05) is 6.54 Å². The molecule has 18 heavy (non-hydrogen) atoms. The summed E-state index contributed by atoms with van der Waals surface area (Å²) in [6.07, 6.45) is 3.39. The lowest BCUT2D eigenvalue weighted by molar-refractivity contribution is 0.212. The van der Waals surface area contributed by atoms with Gasteiger partial charge in [-0.15, -0.1) is 0 Å². The van der Waals surface area contributed by atoms with Gasteiger partial charge in [-0.05, 0) is 37.1 Å². The smallest absolute Gasteiger partial charge is 0.137 e. The van der Waals surface area contributed by atoms with Crippen LogP contribution in [0.1, 0.15) is 22.8 Å². The SMILES string of the molecule is Cc1ccc(C)c(OC(CN)c2cccnc2)c1. The number of hydrogen-bond acceptors (Lipinski definition) is 3. The lowest BCUT2D eigenvalue weighted by Gasteiger charge is -2.19. The molecule has 1 atom stereocenters. The zero-order valence-electron chi connectivity index (χ0n) is 10.8. The number of aromatic nitrogens is 1. The average molecular weight is 242 g/mol. The van der Waals surface area contributed by atoms with E-state index in [4.69, 9.17) is 10.5 Å². The van der Waals surface area contributed by atoms with Crippen LogP contribution >= 0.6 is 0 Å². The number of nitrogens with zero attached hydrogens (tertiary/aromatic N) is 1. The van der Waals surface area contributed by atoms with Crippen molar-refractivity contribution in [2.45, 2.75) is 20.0 Å². The van der Waals surface area contributed by atoms with Crippen LogP contribution in [0.5, 0.6) is 5.75 Å². The Hall–Kier alpha value is -1.87. The molecule has 0 aliphatic carbocycles. The predicted molar refractivity (Wildman–Crippen MR) is 72.6 cm³/mol. The molecule has 94 valence electrons. The molecule has 1 unspecified atom stereocenters. The largest absolute Gasteiger partial charge is 0.484 e. The second kappa shape index (κ2) is 5.65. The maximum atomic E-state index is 6.00. The Morgan fingerprint density at radius 3 is 2.78 bits per heavy atom. The minimum absolute atomic E-state index is 0.154. The van der Waals surface area contributed by atoms with E-state index in [0.717, 1.165) is 16.9 Å². The lowest BCUT2D eigenvalue weighted by Crippen LogP contribution is -2.19. The average Bonchev–Trinajstić information content (AvgIpc) is 2.41. The topological polar surface area (TPSA) is 48.1 Å². The van der Waals surface area contributed by atoms with Gasteiger partial charge in [0.1, 0.15) is 11.9 Å². The van der Waals surface area contributed by atoms with Gasteiger partial charge in [-0.3, -0.25) is 4.98 Å². The summed E-state index contributed by atoms with van der Waals surface area (Å²) in [5, 5.41) is 0. The van der Waals surface area contributed by atoms with Crippen molar-refractivity contribution < 1.29 is 4.74 Å². The van der Waals surface area contributed by atoms with Crippen molar-refractivity contribution in [3.05, 3.63) is 59.4 Å². The number of ether oxygens (including phenoxy) is 1. The standard InChI is InChI=1S/C15H18N2O/c1-11-5-6-12(2)14(8-11)18-15(9-16)13-4-3-7-17-10-13/h3-8,10,15H,9,16H2,1-2H3. The van der Waals surface area contributed by atoms with Crippen LogP contribution < -0.4 is 10.5 Å². The molecular formula is C15H18N2O. The highest BCUT2D eigenvalue weighted by Gasteiger charge is 2.12. The zero-order valence-corrected chi connectivity index (χ0v) is 10.8. The van der Waals surface area contributed by atoms with E-state index in [1.165, 1.54) is 5.56 Å². The fourth-order valence-corrected chi connectivity index (χ4v) is 1.81. The summed E-state index contributed by atoms with van der Waals surface area (Å²) in [6, 6.07) is 10.0. The van der Waals surface area contributed by atoms with E-state index in [0.29, 0.717) is 6.54 Å². The molecule has 0 spiro atoms. The quantitative estimate of drug-likeness (QED) is 0.896. The molecule has 0 saturated heterocycles. The molecule has 2 rings (SSSR count). The van der Waals surface area contributed by atoms with Crippen molar-refractivity contribution in [1.82, 2.24) is 4.98 Å². The Bertz CT molecular complexity index is 511. The molecule has 1 aromatic heterocycles. The highest BCUT2D eigenvalue weighted by Crippen LogP contribution is 2.25. The molecule has 0 radical (unpaired) electrons. The van der Waals surface area contributed by atoms with E-state index >= 15 is 0 Å². The number of hydrogen-bond donors (Lipinski definition) is 1. The third-order valence-corrected chi connectivity index (χ3v) is 2.88. The fraction of sp³-hybridized carbons (Fsp3) is 0.267. The molecule has 0 fully saturated rings. The monoisotopic (exact) mass is 242 g/mol. The molecule has 0 aliphatic rings. The molecule has 0 bridgehead atoms. The van der Waals surface area contributed by atoms with Crippen molar-refractivity contribution >= 4 is 0 Å². The summed E-state index contributed by atoms with van der Waals surface area (Å²) in [5.74, 6) is 0.884. The minimum atomic E-state index is -0.154. The van der Waals surface area contributed by atoms with E-state index in [9.17, 15) is 0 Å². The summed E-state index contributed by atoms with van der Waals surface area (Å²) in [5.41, 5.74) is 9.08.